The Morgan fingerprint density at radius 1 is 0.611 bits per heavy atom. The van der Waals surface area contributed by atoms with Crippen LogP contribution >= 0.6 is 0 Å². The average Bonchev–Trinajstić information content (AvgIpc) is 2.95. The molecule has 0 aromatic heterocycles. The van der Waals surface area contributed by atoms with E-state index in [9.17, 15) is 0 Å². The molecule has 0 aliphatic heterocycles. The van der Waals surface area contributed by atoms with Crippen molar-refractivity contribution in [2.75, 3.05) is 0 Å². The summed E-state index contributed by atoms with van der Waals surface area (Å²) in [4.78, 5) is 0. The van der Waals surface area contributed by atoms with Crippen molar-refractivity contribution < 1.29 is 0 Å². The molecule has 1 aliphatic rings. The van der Waals surface area contributed by atoms with Gasteiger partial charge in [0.05, 0.1) is 0 Å². The predicted octanol–water partition coefficient (Wildman–Crippen LogP) is 2.79. The molecular weight excluding hydrogens is 409 g/mol. The first-order chi connectivity index (χ1) is 8.95. The van der Waals surface area contributed by atoms with Crippen molar-refractivity contribution >= 4 is 28.9 Å². The van der Waals surface area contributed by atoms with Gasteiger partial charge in [-0.05, 0) is 0 Å². The molecule has 0 amide bonds. The fraction of sp³-hybridized carbons (Fsp3) is 0.0588. The molecule has 0 nitrogen and oxygen atoms in total. The molecule has 0 atom stereocenters. The summed E-state index contributed by atoms with van der Waals surface area (Å²) in [7, 11) is 0. The van der Waals surface area contributed by atoms with Crippen LogP contribution in [-0.4, -0.2) is 22.7 Å². The van der Waals surface area contributed by atoms with E-state index < -0.39 is 22.7 Å². The first kappa shape index (κ1) is 11.9. The van der Waals surface area contributed by atoms with E-state index in [2.05, 4.69) is 85.0 Å². The quantitative estimate of drug-likeness (QED) is 0.666. The molecule has 2 aromatic carbocycles. The molecular formula is C17H15Tl. The molecule has 0 radical (unpaired) electrons. The van der Waals surface area contributed by atoms with E-state index in [1.54, 1.807) is 6.25 Å². The molecule has 0 saturated heterocycles. The van der Waals surface area contributed by atoms with Gasteiger partial charge in [-0.25, -0.2) is 0 Å². The van der Waals surface area contributed by atoms with Crippen LogP contribution in [0.25, 0.3) is 0 Å². The van der Waals surface area contributed by atoms with Crippen LogP contribution in [0.15, 0.2) is 85.0 Å². The van der Waals surface area contributed by atoms with Gasteiger partial charge in [-0.1, -0.05) is 0 Å². The van der Waals surface area contributed by atoms with Crippen LogP contribution in [0.2, 0.25) is 3.48 Å². The van der Waals surface area contributed by atoms with Gasteiger partial charge in [0.15, 0.2) is 0 Å². The Labute approximate surface area is 117 Å². The normalized spacial score (nSPS) is 14.0. The molecule has 0 N–H and O–H groups in total. The Balaban J connectivity index is 2.04. The summed E-state index contributed by atoms with van der Waals surface area (Å²) < 4.78 is 3.89. The van der Waals surface area contributed by atoms with Gasteiger partial charge in [0.2, 0.25) is 0 Å². The Morgan fingerprint density at radius 2 is 1.06 bits per heavy atom. The summed E-state index contributed by atoms with van der Waals surface area (Å²) >= 11 is -2.13. The Morgan fingerprint density at radius 3 is 1.50 bits per heavy atom. The Kier molecular flexibility index (Phi) is 3.74. The second-order valence-corrected chi connectivity index (χ2v) is 16.5. The molecule has 1 heteroatoms. The maximum atomic E-state index is 2.38. The number of allylic oxidation sites excluding steroid dienone is 4. The summed E-state index contributed by atoms with van der Waals surface area (Å²) in [5, 5.41) is 0. The summed E-state index contributed by atoms with van der Waals surface area (Å²) in [6.45, 7) is 0. The zero-order chi connectivity index (χ0) is 12.2. The van der Waals surface area contributed by atoms with E-state index in [-0.39, 0.29) is 0 Å². The van der Waals surface area contributed by atoms with Gasteiger partial charge < -0.3 is 0 Å². The third kappa shape index (κ3) is 2.48. The first-order valence-corrected chi connectivity index (χ1v) is 13.5. The van der Waals surface area contributed by atoms with Crippen LogP contribution in [0.1, 0.15) is 0 Å². The topological polar surface area (TPSA) is 0 Å². The van der Waals surface area contributed by atoms with Gasteiger partial charge in [0.1, 0.15) is 0 Å². The Bertz CT molecular complexity index is 503. The monoisotopic (exact) mass is 424 g/mol. The fourth-order valence-corrected chi connectivity index (χ4v) is 15.3. The van der Waals surface area contributed by atoms with Gasteiger partial charge in [-0.3, -0.25) is 0 Å². The number of hydrogen-bond donors (Lipinski definition) is 0. The maximum absolute atomic E-state index is 2.38. The van der Waals surface area contributed by atoms with E-state index in [4.69, 9.17) is 0 Å². The zero-order valence-electron chi connectivity index (χ0n) is 10.2. The molecule has 18 heavy (non-hydrogen) atoms. The molecule has 0 heterocycles. The molecule has 0 unspecified atom stereocenters. The third-order valence-electron chi connectivity index (χ3n) is 3.48. The van der Waals surface area contributed by atoms with Crippen LogP contribution in [0.4, 0.5) is 0 Å². The predicted molar refractivity (Wildman–Crippen MR) is 79.9 cm³/mol. The van der Waals surface area contributed by atoms with Crippen LogP contribution in [-0.2, 0) is 0 Å². The van der Waals surface area contributed by atoms with Crippen molar-refractivity contribution in [3.8, 4) is 0 Å². The van der Waals surface area contributed by atoms with Gasteiger partial charge in [-0.15, -0.1) is 0 Å². The summed E-state index contributed by atoms with van der Waals surface area (Å²) in [6.07, 6.45) is 9.16. The Hall–Kier alpha value is -1.16. The van der Waals surface area contributed by atoms with Crippen molar-refractivity contribution in [2.45, 2.75) is 3.48 Å². The van der Waals surface area contributed by atoms with E-state index in [0.717, 1.165) is 0 Å². The van der Waals surface area contributed by atoms with Crippen LogP contribution < -0.4 is 6.25 Å². The molecule has 0 spiro atoms. The zero-order valence-corrected chi connectivity index (χ0v) is 14.7. The van der Waals surface area contributed by atoms with Crippen LogP contribution in [0, 0.1) is 0 Å². The van der Waals surface area contributed by atoms with Crippen molar-refractivity contribution in [2.24, 2.45) is 0 Å². The van der Waals surface area contributed by atoms with Gasteiger partial charge in [0.25, 0.3) is 0 Å². The molecule has 0 saturated carbocycles. The van der Waals surface area contributed by atoms with Crippen LogP contribution in [0.5, 0.6) is 0 Å². The van der Waals surface area contributed by atoms with Crippen molar-refractivity contribution in [3.63, 3.8) is 0 Å². The summed E-state index contributed by atoms with van der Waals surface area (Å²) in [6, 6.07) is 22.2. The van der Waals surface area contributed by atoms with E-state index >= 15 is 0 Å². The molecule has 0 bridgehead atoms. The van der Waals surface area contributed by atoms with Crippen molar-refractivity contribution in [3.05, 3.63) is 85.0 Å². The minimum absolute atomic E-state index is 0.690. The van der Waals surface area contributed by atoms with Gasteiger partial charge >= 0.3 is 117 Å². The molecule has 3 rings (SSSR count). The average molecular weight is 424 g/mol. The summed E-state index contributed by atoms with van der Waals surface area (Å²) in [5.74, 6) is 0. The molecule has 0 fully saturated rings. The number of hydrogen-bond acceptors (Lipinski definition) is 0. The number of rotatable bonds is 3. The van der Waals surface area contributed by atoms with Gasteiger partial charge in [0, 0.05) is 0 Å². The van der Waals surface area contributed by atoms with Crippen LogP contribution in [0.3, 0.4) is 0 Å². The molecule has 2 aromatic rings. The van der Waals surface area contributed by atoms with Crippen molar-refractivity contribution in [1.29, 1.82) is 0 Å². The first-order valence-electron chi connectivity index (χ1n) is 6.40. The minimum atomic E-state index is -2.13. The van der Waals surface area contributed by atoms with E-state index in [1.165, 1.54) is 0 Å². The third-order valence-corrected chi connectivity index (χ3v) is 16.8. The van der Waals surface area contributed by atoms with E-state index in [0.29, 0.717) is 3.48 Å². The van der Waals surface area contributed by atoms with Crippen molar-refractivity contribution in [1.82, 2.24) is 0 Å². The summed E-state index contributed by atoms with van der Waals surface area (Å²) in [5.41, 5.74) is 0. The second kappa shape index (κ2) is 5.65. The standard InChI is InChI=1S/2C6H5.C5H5.Tl/c2*1-2-4-6-5-3-1;1-2-4-5-3-1;/h2*1-5H;1-5H;. The van der Waals surface area contributed by atoms with Gasteiger partial charge in [-0.2, -0.15) is 0 Å². The molecule has 86 valence electrons. The SMILES string of the molecule is C1=C[CH]([Tl]([c]2ccccc2)[c]2ccccc2)C=C1. The van der Waals surface area contributed by atoms with E-state index in [1.807, 2.05) is 0 Å². The fourth-order valence-electron chi connectivity index (χ4n) is 2.63. The number of benzene rings is 2. The second-order valence-electron chi connectivity index (χ2n) is 4.65. The molecule has 1 aliphatic carbocycles.